The second-order valence-corrected chi connectivity index (χ2v) is 6.57. The van der Waals surface area contributed by atoms with Crippen LogP contribution in [0.15, 0.2) is 34.8 Å². The maximum atomic E-state index is 12.8. The average Bonchev–Trinajstić information content (AvgIpc) is 2.68. The molecule has 27 heavy (non-hydrogen) atoms. The summed E-state index contributed by atoms with van der Waals surface area (Å²) in [6, 6.07) is 8.58. The molecule has 1 heterocycles. The Hall–Kier alpha value is -2.67. The molecule has 0 spiro atoms. The van der Waals surface area contributed by atoms with E-state index in [9.17, 15) is 4.79 Å². The zero-order valence-electron chi connectivity index (χ0n) is 15.1. The van der Waals surface area contributed by atoms with Gasteiger partial charge in [0.05, 0.1) is 23.9 Å². The van der Waals surface area contributed by atoms with Crippen LogP contribution in [0.5, 0.6) is 23.0 Å². The van der Waals surface area contributed by atoms with E-state index in [4.69, 9.17) is 24.7 Å². The zero-order chi connectivity index (χ0) is 19.4. The lowest BCUT2D eigenvalue weighted by Crippen LogP contribution is -2.16. The molecule has 0 aliphatic carbocycles. The summed E-state index contributed by atoms with van der Waals surface area (Å²) >= 11 is 3.36. The maximum absolute atomic E-state index is 12.8. The Kier molecular flexibility index (Phi) is 5.91. The molecule has 0 unspecified atom stereocenters. The van der Waals surface area contributed by atoms with Crippen LogP contribution in [0.3, 0.4) is 0 Å². The van der Waals surface area contributed by atoms with Crippen LogP contribution in [-0.2, 0) is 0 Å². The predicted molar refractivity (Wildman–Crippen MR) is 107 cm³/mol. The zero-order valence-corrected chi connectivity index (χ0v) is 16.7. The highest BCUT2D eigenvalue weighted by Gasteiger charge is 2.20. The number of ketones is 1. The van der Waals surface area contributed by atoms with Gasteiger partial charge in [0, 0.05) is 11.1 Å². The van der Waals surface area contributed by atoms with Crippen molar-refractivity contribution in [3.05, 3.63) is 45.9 Å². The van der Waals surface area contributed by atoms with E-state index in [1.54, 1.807) is 37.5 Å². The molecule has 0 atom stereocenters. The largest absolute Gasteiger partial charge is 0.492 e. The highest BCUT2D eigenvalue weighted by molar-refractivity contribution is 9.12. The third-order valence-corrected chi connectivity index (χ3v) is 4.56. The van der Waals surface area contributed by atoms with Crippen molar-refractivity contribution in [2.45, 2.75) is 6.92 Å². The number of rotatable bonds is 6. The van der Waals surface area contributed by atoms with Gasteiger partial charge in [-0.2, -0.15) is 0 Å². The first kappa shape index (κ1) is 19.1. The van der Waals surface area contributed by atoms with Crippen LogP contribution >= 0.6 is 15.9 Å². The van der Waals surface area contributed by atoms with Crippen molar-refractivity contribution >= 4 is 33.5 Å². The Balaban J connectivity index is 1.91. The number of benzene rings is 2. The van der Waals surface area contributed by atoms with E-state index < -0.39 is 0 Å². The molecule has 0 aromatic heterocycles. The van der Waals surface area contributed by atoms with Crippen molar-refractivity contribution in [1.29, 1.82) is 0 Å². The number of carbonyl (C=O) groups is 1. The summed E-state index contributed by atoms with van der Waals surface area (Å²) in [6.45, 7) is 3.32. The minimum absolute atomic E-state index is 0.207. The Bertz CT molecular complexity index is 894. The van der Waals surface area contributed by atoms with E-state index in [0.29, 0.717) is 64.1 Å². The Labute approximate surface area is 166 Å². The molecule has 0 fully saturated rings. The van der Waals surface area contributed by atoms with Gasteiger partial charge in [-0.3, -0.25) is 4.79 Å². The van der Waals surface area contributed by atoms with Crippen molar-refractivity contribution in [3.8, 4) is 23.0 Å². The third-order valence-electron chi connectivity index (χ3n) is 3.97. The molecule has 142 valence electrons. The van der Waals surface area contributed by atoms with Crippen LogP contribution in [0.4, 0.5) is 5.69 Å². The number of nitrogen functional groups attached to an aromatic ring is 1. The average molecular weight is 434 g/mol. The molecule has 0 saturated carbocycles. The number of Topliss-reactive ketones (excluding diaryl/α,β-unsaturated/α-hetero) is 1. The van der Waals surface area contributed by atoms with E-state index in [0.717, 1.165) is 0 Å². The lowest BCUT2D eigenvalue weighted by molar-refractivity contribution is 0.104. The highest BCUT2D eigenvalue weighted by Crippen LogP contribution is 2.42. The molecule has 0 amide bonds. The summed E-state index contributed by atoms with van der Waals surface area (Å²) in [5.74, 6) is 2.03. The van der Waals surface area contributed by atoms with Gasteiger partial charge in [-0.15, -0.1) is 0 Å². The summed E-state index contributed by atoms with van der Waals surface area (Å²) in [5, 5.41) is 0. The fraction of sp³-hybridized carbons (Fsp3) is 0.250. The minimum Gasteiger partial charge on any atom is -0.492 e. The second-order valence-electron chi connectivity index (χ2n) is 5.72. The maximum Gasteiger partial charge on any atom is 0.204 e. The van der Waals surface area contributed by atoms with Crippen molar-refractivity contribution in [2.24, 2.45) is 0 Å². The SMILES string of the molecule is CCOc1ccc(C(=O)C(Br)=Cc2ccc3c(c2OC)OCCO3)cc1N. The predicted octanol–water partition coefficient (Wildman–Crippen LogP) is 4.07. The van der Waals surface area contributed by atoms with Gasteiger partial charge >= 0.3 is 0 Å². The van der Waals surface area contributed by atoms with Gasteiger partial charge in [-0.05, 0) is 59.3 Å². The fourth-order valence-electron chi connectivity index (χ4n) is 2.75. The molecule has 0 radical (unpaired) electrons. The van der Waals surface area contributed by atoms with Crippen LogP contribution in [0.25, 0.3) is 6.08 Å². The number of anilines is 1. The number of ether oxygens (including phenoxy) is 4. The van der Waals surface area contributed by atoms with Crippen molar-refractivity contribution in [3.63, 3.8) is 0 Å². The summed E-state index contributed by atoms with van der Waals surface area (Å²) in [5.41, 5.74) is 7.52. The normalized spacial score (nSPS) is 13.2. The molecule has 1 aliphatic rings. The van der Waals surface area contributed by atoms with Crippen molar-refractivity contribution in [2.75, 3.05) is 32.7 Å². The van der Waals surface area contributed by atoms with Crippen LogP contribution in [0, 0.1) is 0 Å². The van der Waals surface area contributed by atoms with E-state index in [1.807, 2.05) is 13.0 Å². The van der Waals surface area contributed by atoms with E-state index in [1.165, 1.54) is 0 Å². The van der Waals surface area contributed by atoms with Crippen LogP contribution < -0.4 is 24.7 Å². The Morgan fingerprint density at radius 3 is 2.74 bits per heavy atom. The fourth-order valence-corrected chi connectivity index (χ4v) is 3.22. The summed E-state index contributed by atoms with van der Waals surface area (Å²) in [4.78, 5) is 12.8. The van der Waals surface area contributed by atoms with E-state index >= 15 is 0 Å². The lowest BCUT2D eigenvalue weighted by Gasteiger charge is -2.21. The Morgan fingerprint density at radius 1 is 1.26 bits per heavy atom. The van der Waals surface area contributed by atoms with Gasteiger partial charge in [0.25, 0.3) is 0 Å². The first-order valence-electron chi connectivity index (χ1n) is 8.46. The lowest BCUT2D eigenvalue weighted by atomic mass is 10.1. The number of fused-ring (bicyclic) bond motifs is 1. The molecule has 6 nitrogen and oxygen atoms in total. The van der Waals surface area contributed by atoms with E-state index in [2.05, 4.69) is 15.9 Å². The highest BCUT2D eigenvalue weighted by atomic mass is 79.9. The molecule has 2 aromatic carbocycles. The molecular weight excluding hydrogens is 414 g/mol. The third kappa shape index (κ3) is 4.03. The van der Waals surface area contributed by atoms with Crippen LogP contribution in [-0.4, -0.2) is 32.7 Å². The monoisotopic (exact) mass is 433 g/mol. The van der Waals surface area contributed by atoms with Crippen molar-refractivity contribution < 1.29 is 23.7 Å². The van der Waals surface area contributed by atoms with Crippen LogP contribution in [0.1, 0.15) is 22.8 Å². The smallest absolute Gasteiger partial charge is 0.204 e. The minimum atomic E-state index is -0.207. The van der Waals surface area contributed by atoms with Gasteiger partial charge in [-0.1, -0.05) is 0 Å². The first-order valence-corrected chi connectivity index (χ1v) is 9.25. The topological polar surface area (TPSA) is 80.0 Å². The van der Waals surface area contributed by atoms with Crippen LogP contribution in [0.2, 0.25) is 0 Å². The van der Waals surface area contributed by atoms with Crippen molar-refractivity contribution in [1.82, 2.24) is 0 Å². The molecule has 1 aliphatic heterocycles. The molecule has 0 bridgehead atoms. The quantitative estimate of drug-likeness (QED) is 0.420. The van der Waals surface area contributed by atoms with E-state index in [-0.39, 0.29) is 5.78 Å². The van der Waals surface area contributed by atoms with Gasteiger partial charge in [-0.25, -0.2) is 0 Å². The molecule has 2 aromatic rings. The molecule has 0 saturated heterocycles. The standard InChI is InChI=1S/C20H20BrNO5/c1-3-25-16-6-4-12(11-15(16)22)18(23)14(21)10-13-5-7-17-20(19(13)24-2)27-9-8-26-17/h4-7,10-11H,3,8-9,22H2,1-2H3. The molecular formula is C20H20BrNO5. The molecule has 3 rings (SSSR count). The summed E-state index contributed by atoms with van der Waals surface area (Å²) in [7, 11) is 1.55. The number of hydrogen-bond donors (Lipinski definition) is 1. The number of carbonyl (C=O) groups excluding carboxylic acids is 1. The molecule has 2 N–H and O–H groups in total. The summed E-state index contributed by atoms with van der Waals surface area (Å²) in [6.07, 6.45) is 1.69. The van der Waals surface area contributed by atoms with Gasteiger partial charge in [0.15, 0.2) is 17.3 Å². The number of hydrogen-bond acceptors (Lipinski definition) is 6. The number of allylic oxidation sites excluding steroid dienone is 1. The number of methoxy groups -OCH3 is 1. The number of halogens is 1. The van der Waals surface area contributed by atoms with Gasteiger partial charge < -0.3 is 24.7 Å². The summed E-state index contributed by atoms with van der Waals surface area (Å²) < 4.78 is 22.5. The first-order chi connectivity index (χ1) is 13.0. The van der Waals surface area contributed by atoms with Gasteiger partial charge in [0.1, 0.15) is 19.0 Å². The number of nitrogens with two attached hydrogens (primary N) is 1. The van der Waals surface area contributed by atoms with Gasteiger partial charge in [0.2, 0.25) is 5.75 Å². The Morgan fingerprint density at radius 2 is 2.04 bits per heavy atom. The second kappa shape index (κ2) is 8.35. The molecule has 7 heteroatoms.